The van der Waals surface area contributed by atoms with Crippen LogP contribution >= 0.6 is 0 Å². The van der Waals surface area contributed by atoms with Gasteiger partial charge in [-0.15, -0.1) is 0 Å². The van der Waals surface area contributed by atoms with Crippen LogP contribution in [0.25, 0.3) is 11.0 Å². The summed E-state index contributed by atoms with van der Waals surface area (Å²) in [4.78, 5) is 11.1. The van der Waals surface area contributed by atoms with Crippen molar-refractivity contribution in [3.8, 4) is 5.75 Å². The molecule has 1 heterocycles. The van der Waals surface area contributed by atoms with E-state index in [0.29, 0.717) is 11.1 Å². The third-order valence-corrected chi connectivity index (χ3v) is 3.38. The lowest BCUT2D eigenvalue weighted by Crippen LogP contribution is -2.06. The van der Waals surface area contributed by atoms with Gasteiger partial charge in [-0.3, -0.25) is 0 Å². The minimum atomic E-state index is -0.256. The smallest absolute Gasteiger partial charge is 0.339 e. The van der Waals surface area contributed by atoms with Gasteiger partial charge in [0.25, 0.3) is 0 Å². The average molecular weight is 343 g/mol. The van der Waals surface area contributed by atoms with Gasteiger partial charge in [0.15, 0.2) is 0 Å². The number of methoxy groups -OCH3 is 1. The lowest BCUT2D eigenvalue weighted by Gasteiger charge is -2.06. The number of nitrogens with one attached hydrogen (secondary N) is 1. The maximum absolute atomic E-state index is 11.1. The van der Waals surface area contributed by atoms with Crippen molar-refractivity contribution >= 4 is 11.0 Å². The van der Waals surface area contributed by atoms with Crippen LogP contribution in [0.15, 0.2) is 63.8 Å². The van der Waals surface area contributed by atoms with Crippen LogP contribution in [0.2, 0.25) is 0 Å². The molecule has 4 nitrogen and oxygen atoms in total. The molecule has 0 aliphatic rings. The van der Waals surface area contributed by atoms with Crippen LogP contribution in [-0.2, 0) is 6.54 Å². The fraction of sp³-hybridized carbons (Fsp3) is 0.286. The molecular formula is C21H29NO3. The Morgan fingerprint density at radius 1 is 1.08 bits per heavy atom. The van der Waals surface area contributed by atoms with Crippen LogP contribution in [-0.4, -0.2) is 14.2 Å². The van der Waals surface area contributed by atoms with Gasteiger partial charge in [-0.1, -0.05) is 50.2 Å². The Morgan fingerprint density at radius 2 is 1.72 bits per heavy atom. The molecule has 3 aromatic rings. The van der Waals surface area contributed by atoms with Crippen LogP contribution in [0.5, 0.6) is 5.75 Å². The molecule has 0 bridgehead atoms. The van der Waals surface area contributed by atoms with Crippen molar-refractivity contribution in [3.63, 3.8) is 0 Å². The molecule has 3 rings (SSSR count). The maximum atomic E-state index is 11.1. The van der Waals surface area contributed by atoms with E-state index in [0.717, 1.165) is 17.7 Å². The number of ether oxygens (including phenoxy) is 1. The summed E-state index contributed by atoms with van der Waals surface area (Å²) in [5.41, 5.74) is 2.23. The molecule has 0 aliphatic carbocycles. The monoisotopic (exact) mass is 343 g/mol. The first-order valence-corrected chi connectivity index (χ1v) is 8.41. The predicted octanol–water partition coefficient (Wildman–Crippen LogP) is 4.79. The molecule has 0 fully saturated rings. The Morgan fingerprint density at radius 3 is 2.40 bits per heavy atom. The zero-order chi connectivity index (χ0) is 18.7. The highest BCUT2D eigenvalue weighted by Gasteiger charge is 1.98. The largest absolute Gasteiger partial charge is 0.496 e. The van der Waals surface area contributed by atoms with Crippen LogP contribution in [0.1, 0.15) is 26.4 Å². The second-order valence-electron chi connectivity index (χ2n) is 5.10. The number of hydrogen-bond acceptors (Lipinski definition) is 4. The van der Waals surface area contributed by atoms with Crippen molar-refractivity contribution in [2.24, 2.45) is 0 Å². The second kappa shape index (κ2) is 11.0. The SMILES string of the molecule is CC.CNCc1ccccc1OC.Cc1cc2ccccc2oc1=O.[HH]. The number of rotatable bonds is 3. The molecule has 0 saturated heterocycles. The highest BCUT2D eigenvalue weighted by molar-refractivity contribution is 5.76. The molecule has 0 aliphatic heterocycles. The van der Waals surface area contributed by atoms with E-state index in [4.69, 9.17) is 9.15 Å². The van der Waals surface area contributed by atoms with Crippen LogP contribution in [0.3, 0.4) is 0 Å². The van der Waals surface area contributed by atoms with Gasteiger partial charge in [-0.2, -0.15) is 0 Å². The standard InChI is InChI=1S/C10H8O2.C9H13NO.C2H6.H2/c1-7-6-8-4-2-3-5-9(8)12-10(7)11;1-10-7-8-5-3-4-6-9(8)11-2;1-2;/h2-6H,1H3;3-6,10H,7H2,1-2H3;1-2H3;1H. The Hall–Kier alpha value is -2.59. The zero-order valence-electron chi connectivity index (χ0n) is 15.6. The first kappa shape index (κ1) is 20.5. The summed E-state index contributed by atoms with van der Waals surface area (Å²) in [7, 11) is 3.61. The summed E-state index contributed by atoms with van der Waals surface area (Å²) in [6, 6.07) is 17.3. The number of aryl methyl sites for hydroxylation is 1. The topological polar surface area (TPSA) is 51.5 Å². The first-order chi connectivity index (χ1) is 12.2. The van der Waals surface area contributed by atoms with E-state index < -0.39 is 0 Å². The van der Waals surface area contributed by atoms with E-state index in [-0.39, 0.29) is 7.05 Å². The Bertz CT molecular complexity index is 831. The van der Waals surface area contributed by atoms with Gasteiger partial charge in [0.05, 0.1) is 7.11 Å². The van der Waals surface area contributed by atoms with E-state index >= 15 is 0 Å². The van der Waals surface area contributed by atoms with E-state index in [1.807, 2.05) is 63.4 Å². The van der Waals surface area contributed by atoms with Crippen molar-refractivity contribution in [3.05, 3.63) is 76.1 Å². The summed E-state index contributed by atoms with van der Waals surface area (Å²) in [6.07, 6.45) is 0. The third-order valence-electron chi connectivity index (χ3n) is 3.38. The lowest BCUT2D eigenvalue weighted by atomic mass is 10.2. The molecular weight excluding hydrogens is 314 g/mol. The molecule has 0 amide bonds. The lowest BCUT2D eigenvalue weighted by molar-refractivity contribution is 0.408. The normalized spacial score (nSPS) is 9.48. The minimum absolute atomic E-state index is 0. The average Bonchev–Trinajstić information content (AvgIpc) is 2.65. The summed E-state index contributed by atoms with van der Waals surface area (Å²) in [5.74, 6) is 0.946. The van der Waals surface area contributed by atoms with Gasteiger partial charge >= 0.3 is 5.63 Å². The Kier molecular flexibility index (Phi) is 9.04. The predicted molar refractivity (Wildman–Crippen MR) is 106 cm³/mol. The molecule has 2 aromatic carbocycles. The highest BCUT2D eigenvalue weighted by Crippen LogP contribution is 2.16. The third kappa shape index (κ3) is 6.08. The van der Waals surface area contributed by atoms with Gasteiger partial charge in [-0.05, 0) is 32.2 Å². The fourth-order valence-corrected chi connectivity index (χ4v) is 2.20. The first-order valence-electron chi connectivity index (χ1n) is 8.41. The van der Waals surface area contributed by atoms with E-state index in [1.165, 1.54) is 5.56 Å². The van der Waals surface area contributed by atoms with E-state index in [1.54, 1.807) is 20.1 Å². The summed E-state index contributed by atoms with van der Waals surface area (Å²) in [5, 5.41) is 4.05. The molecule has 25 heavy (non-hydrogen) atoms. The maximum Gasteiger partial charge on any atom is 0.339 e. The number of fused-ring (bicyclic) bond motifs is 1. The summed E-state index contributed by atoms with van der Waals surface area (Å²) >= 11 is 0. The molecule has 0 spiro atoms. The van der Waals surface area contributed by atoms with Crippen molar-refractivity contribution in [1.82, 2.24) is 5.32 Å². The summed E-state index contributed by atoms with van der Waals surface area (Å²) < 4.78 is 10.2. The van der Waals surface area contributed by atoms with Gasteiger partial charge < -0.3 is 14.5 Å². The molecule has 1 aromatic heterocycles. The van der Waals surface area contributed by atoms with Gasteiger partial charge in [0, 0.05) is 24.5 Å². The van der Waals surface area contributed by atoms with Crippen molar-refractivity contribution in [2.45, 2.75) is 27.3 Å². The quantitative estimate of drug-likeness (QED) is 0.695. The molecule has 0 radical (unpaired) electrons. The Balaban J connectivity index is 0.000000426. The van der Waals surface area contributed by atoms with Gasteiger partial charge in [0.1, 0.15) is 11.3 Å². The Labute approximate surface area is 150 Å². The van der Waals surface area contributed by atoms with Crippen molar-refractivity contribution < 1.29 is 10.6 Å². The van der Waals surface area contributed by atoms with Crippen LogP contribution in [0, 0.1) is 6.92 Å². The van der Waals surface area contributed by atoms with Crippen molar-refractivity contribution in [1.29, 1.82) is 0 Å². The number of para-hydroxylation sites is 2. The molecule has 0 unspecified atom stereocenters. The highest BCUT2D eigenvalue weighted by atomic mass is 16.5. The second-order valence-corrected chi connectivity index (χ2v) is 5.10. The van der Waals surface area contributed by atoms with Crippen LogP contribution in [0.4, 0.5) is 0 Å². The van der Waals surface area contributed by atoms with E-state index in [2.05, 4.69) is 11.4 Å². The number of benzene rings is 2. The summed E-state index contributed by atoms with van der Waals surface area (Å²) in [6.45, 7) is 6.60. The minimum Gasteiger partial charge on any atom is -0.496 e. The molecule has 1 N–H and O–H groups in total. The van der Waals surface area contributed by atoms with E-state index in [9.17, 15) is 4.79 Å². The number of hydrogen-bond donors (Lipinski definition) is 1. The molecule has 0 saturated carbocycles. The fourth-order valence-electron chi connectivity index (χ4n) is 2.20. The zero-order valence-corrected chi connectivity index (χ0v) is 15.6. The van der Waals surface area contributed by atoms with Crippen LogP contribution < -0.4 is 15.7 Å². The molecule has 0 atom stereocenters. The van der Waals surface area contributed by atoms with Crippen molar-refractivity contribution in [2.75, 3.05) is 14.2 Å². The molecule has 136 valence electrons. The van der Waals surface area contributed by atoms with Gasteiger partial charge in [0.2, 0.25) is 0 Å². The molecule has 4 heteroatoms. The van der Waals surface area contributed by atoms with Gasteiger partial charge in [-0.25, -0.2) is 4.79 Å².